The molecule has 1 atom stereocenters. The van der Waals surface area contributed by atoms with Crippen LogP contribution in [0.15, 0.2) is 18.2 Å². The molecule has 1 aromatic heterocycles. The number of thiazole rings is 1. The monoisotopic (exact) mass is 305 g/mol. The number of anilines is 1. The molecule has 2 heterocycles. The second-order valence-corrected chi connectivity index (χ2v) is 6.19. The highest BCUT2D eigenvalue weighted by Gasteiger charge is 2.31. The van der Waals surface area contributed by atoms with Gasteiger partial charge >= 0.3 is 5.97 Å². The SMILES string of the molecule is Nc1nc2ccc(C(=O)N3CCCC3CC(=O)O)cc2s1. The van der Waals surface area contributed by atoms with Gasteiger partial charge in [0.05, 0.1) is 16.6 Å². The normalized spacial score (nSPS) is 18.3. The Morgan fingerprint density at radius 1 is 1.48 bits per heavy atom. The van der Waals surface area contributed by atoms with Crippen molar-refractivity contribution >= 4 is 38.6 Å². The van der Waals surface area contributed by atoms with Gasteiger partial charge in [0.15, 0.2) is 5.13 Å². The number of carboxylic acid groups (broad SMARTS) is 1. The molecule has 0 radical (unpaired) electrons. The molecule has 0 bridgehead atoms. The van der Waals surface area contributed by atoms with E-state index in [1.54, 1.807) is 23.1 Å². The molecule has 7 heteroatoms. The molecule has 3 N–H and O–H groups in total. The first-order valence-electron chi connectivity index (χ1n) is 6.73. The molecule has 3 rings (SSSR count). The summed E-state index contributed by atoms with van der Waals surface area (Å²) in [7, 11) is 0. The van der Waals surface area contributed by atoms with Crippen molar-refractivity contribution in [2.75, 3.05) is 12.3 Å². The molecular formula is C14H15N3O3S. The average molecular weight is 305 g/mol. The number of carbonyl (C=O) groups excluding carboxylic acids is 1. The van der Waals surface area contributed by atoms with Gasteiger partial charge in [-0.25, -0.2) is 4.98 Å². The van der Waals surface area contributed by atoms with Gasteiger partial charge in [0.1, 0.15) is 0 Å². The number of amides is 1. The van der Waals surface area contributed by atoms with Gasteiger partial charge < -0.3 is 15.7 Å². The Labute approximate surface area is 125 Å². The van der Waals surface area contributed by atoms with Crippen molar-refractivity contribution in [3.05, 3.63) is 23.8 Å². The first-order chi connectivity index (χ1) is 10.0. The number of hydrogen-bond donors (Lipinski definition) is 2. The van der Waals surface area contributed by atoms with Crippen LogP contribution in [0.3, 0.4) is 0 Å². The third-order valence-electron chi connectivity index (χ3n) is 3.70. The minimum absolute atomic E-state index is 0.00148. The summed E-state index contributed by atoms with van der Waals surface area (Å²) < 4.78 is 0.868. The number of aliphatic carboxylic acids is 1. The number of carbonyl (C=O) groups is 2. The van der Waals surface area contributed by atoms with Crippen molar-refractivity contribution in [3.8, 4) is 0 Å². The number of carboxylic acids is 1. The lowest BCUT2D eigenvalue weighted by Crippen LogP contribution is -2.36. The van der Waals surface area contributed by atoms with E-state index in [4.69, 9.17) is 10.8 Å². The maximum atomic E-state index is 12.6. The predicted octanol–water partition coefficient (Wildman–Crippen LogP) is 1.96. The standard InChI is InChI=1S/C14H15N3O3S/c15-14-16-10-4-3-8(6-11(10)21-14)13(20)17-5-1-2-9(17)7-12(18)19/h3-4,6,9H,1-2,5,7H2,(H2,15,16)(H,18,19). The van der Waals surface area contributed by atoms with E-state index in [1.807, 2.05) is 0 Å². The number of aromatic nitrogens is 1. The largest absolute Gasteiger partial charge is 0.481 e. The van der Waals surface area contributed by atoms with Gasteiger partial charge in [-0.05, 0) is 31.0 Å². The van der Waals surface area contributed by atoms with Crippen molar-refractivity contribution < 1.29 is 14.7 Å². The number of fused-ring (bicyclic) bond motifs is 1. The van der Waals surface area contributed by atoms with Crippen molar-refractivity contribution in [2.24, 2.45) is 0 Å². The van der Waals surface area contributed by atoms with Gasteiger partial charge in [0.2, 0.25) is 0 Å². The number of likely N-dealkylation sites (tertiary alicyclic amines) is 1. The zero-order valence-corrected chi connectivity index (χ0v) is 12.1. The number of rotatable bonds is 3. The Hall–Kier alpha value is -2.15. The average Bonchev–Trinajstić information content (AvgIpc) is 3.01. The summed E-state index contributed by atoms with van der Waals surface area (Å²) >= 11 is 1.34. The van der Waals surface area contributed by atoms with Gasteiger partial charge in [-0.3, -0.25) is 9.59 Å². The van der Waals surface area contributed by atoms with E-state index in [0.717, 1.165) is 23.1 Å². The summed E-state index contributed by atoms with van der Waals surface area (Å²) in [4.78, 5) is 29.3. The Morgan fingerprint density at radius 3 is 3.05 bits per heavy atom. The van der Waals surface area contributed by atoms with E-state index < -0.39 is 5.97 Å². The summed E-state index contributed by atoms with van der Waals surface area (Å²) in [6, 6.07) is 5.07. The number of nitrogen functional groups attached to an aromatic ring is 1. The number of benzene rings is 1. The Morgan fingerprint density at radius 2 is 2.29 bits per heavy atom. The Kier molecular flexibility index (Phi) is 3.50. The van der Waals surface area contributed by atoms with Crippen LogP contribution in [0.2, 0.25) is 0 Å². The molecule has 6 nitrogen and oxygen atoms in total. The predicted molar refractivity (Wildman–Crippen MR) is 80.3 cm³/mol. The lowest BCUT2D eigenvalue weighted by molar-refractivity contribution is -0.137. The second-order valence-electron chi connectivity index (χ2n) is 5.13. The highest BCUT2D eigenvalue weighted by molar-refractivity contribution is 7.22. The molecule has 110 valence electrons. The number of nitrogens with two attached hydrogens (primary N) is 1. The van der Waals surface area contributed by atoms with Gasteiger partial charge in [0, 0.05) is 18.2 Å². The van der Waals surface area contributed by atoms with Crippen LogP contribution in [-0.4, -0.2) is 39.5 Å². The molecule has 2 aromatic rings. The molecule has 1 fully saturated rings. The van der Waals surface area contributed by atoms with Gasteiger partial charge in [-0.15, -0.1) is 0 Å². The van der Waals surface area contributed by atoms with E-state index in [1.165, 1.54) is 11.3 Å². The molecule has 1 aliphatic heterocycles. The maximum Gasteiger partial charge on any atom is 0.305 e. The maximum absolute atomic E-state index is 12.6. The number of nitrogens with zero attached hydrogens (tertiary/aromatic N) is 2. The van der Waals surface area contributed by atoms with Gasteiger partial charge in [-0.1, -0.05) is 11.3 Å². The molecule has 1 aromatic carbocycles. The van der Waals surface area contributed by atoms with E-state index in [0.29, 0.717) is 17.2 Å². The Balaban J connectivity index is 1.86. The molecule has 0 aliphatic carbocycles. The van der Waals surface area contributed by atoms with Gasteiger partial charge in [0.25, 0.3) is 5.91 Å². The van der Waals surface area contributed by atoms with E-state index >= 15 is 0 Å². The lowest BCUT2D eigenvalue weighted by Gasteiger charge is -2.23. The Bertz CT molecular complexity index is 713. The summed E-state index contributed by atoms with van der Waals surface area (Å²) in [6.45, 7) is 0.611. The molecule has 1 unspecified atom stereocenters. The molecule has 0 saturated carbocycles. The first kappa shape index (κ1) is 13.8. The van der Waals surface area contributed by atoms with Crippen LogP contribution in [0.4, 0.5) is 5.13 Å². The highest BCUT2D eigenvalue weighted by atomic mass is 32.1. The summed E-state index contributed by atoms with van der Waals surface area (Å²) in [5.41, 5.74) is 7.00. The van der Waals surface area contributed by atoms with Crippen molar-refractivity contribution in [3.63, 3.8) is 0 Å². The van der Waals surface area contributed by atoms with E-state index in [9.17, 15) is 9.59 Å². The zero-order chi connectivity index (χ0) is 15.0. The summed E-state index contributed by atoms with van der Waals surface area (Å²) in [5, 5.41) is 9.40. The van der Waals surface area contributed by atoms with Crippen LogP contribution in [0.25, 0.3) is 10.2 Å². The third kappa shape index (κ3) is 2.69. The zero-order valence-electron chi connectivity index (χ0n) is 11.3. The molecule has 0 spiro atoms. The van der Waals surface area contributed by atoms with E-state index in [-0.39, 0.29) is 18.4 Å². The van der Waals surface area contributed by atoms with Crippen LogP contribution in [0.5, 0.6) is 0 Å². The fraction of sp³-hybridized carbons (Fsp3) is 0.357. The lowest BCUT2D eigenvalue weighted by atomic mass is 10.1. The molecule has 1 amide bonds. The van der Waals surface area contributed by atoms with Crippen LogP contribution < -0.4 is 5.73 Å². The van der Waals surface area contributed by atoms with Crippen LogP contribution >= 0.6 is 11.3 Å². The van der Waals surface area contributed by atoms with Crippen molar-refractivity contribution in [1.82, 2.24) is 9.88 Å². The van der Waals surface area contributed by atoms with E-state index in [2.05, 4.69) is 4.98 Å². The molecule has 1 aliphatic rings. The van der Waals surface area contributed by atoms with Crippen LogP contribution in [0, 0.1) is 0 Å². The fourth-order valence-corrected chi connectivity index (χ4v) is 3.53. The van der Waals surface area contributed by atoms with Crippen LogP contribution in [0.1, 0.15) is 29.6 Å². The fourth-order valence-electron chi connectivity index (χ4n) is 2.76. The third-order valence-corrected chi connectivity index (χ3v) is 4.55. The molecular weight excluding hydrogens is 290 g/mol. The highest BCUT2D eigenvalue weighted by Crippen LogP contribution is 2.27. The quantitative estimate of drug-likeness (QED) is 0.903. The second kappa shape index (κ2) is 5.33. The van der Waals surface area contributed by atoms with Crippen molar-refractivity contribution in [2.45, 2.75) is 25.3 Å². The smallest absolute Gasteiger partial charge is 0.305 e. The molecule has 1 saturated heterocycles. The number of hydrogen-bond acceptors (Lipinski definition) is 5. The summed E-state index contributed by atoms with van der Waals surface area (Å²) in [5.74, 6) is -0.988. The van der Waals surface area contributed by atoms with Crippen molar-refractivity contribution in [1.29, 1.82) is 0 Å². The minimum atomic E-state index is -0.870. The summed E-state index contributed by atoms with van der Waals surface area (Å²) in [6.07, 6.45) is 1.59. The molecule has 21 heavy (non-hydrogen) atoms. The topological polar surface area (TPSA) is 96.5 Å². The minimum Gasteiger partial charge on any atom is -0.481 e. The first-order valence-corrected chi connectivity index (χ1v) is 7.55. The van der Waals surface area contributed by atoms with Crippen LogP contribution in [-0.2, 0) is 4.79 Å². The van der Waals surface area contributed by atoms with Gasteiger partial charge in [-0.2, -0.15) is 0 Å².